The fourth-order valence-electron chi connectivity index (χ4n) is 6.80. The summed E-state index contributed by atoms with van der Waals surface area (Å²) in [5.74, 6) is 0.742. The molecule has 12 heteroatoms. The van der Waals surface area contributed by atoms with E-state index in [1.807, 2.05) is 12.3 Å². The first-order valence-corrected chi connectivity index (χ1v) is 15.1. The largest absolute Gasteiger partial charge is 0.439 e. The zero-order valence-electron chi connectivity index (χ0n) is 24.6. The summed E-state index contributed by atoms with van der Waals surface area (Å²) >= 11 is 0. The molecule has 1 amide bonds. The Labute approximate surface area is 248 Å². The quantitative estimate of drug-likeness (QED) is 0.294. The highest BCUT2D eigenvalue weighted by molar-refractivity contribution is 5.72. The van der Waals surface area contributed by atoms with Crippen molar-refractivity contribution >= 4 is 17.6 Å². The molecule has 6 nitrogen and oxygen atoms in total. The van der Waals surface area contributed by atoms with Crippen LogP contribution in [0.25, 0.3) is 0 Å². The number of rotatable bonds is 7. The van der Waals surface area contributed by atoms with Gasteiger partial charge in [-0.05, 0) is 76.3 Å². The van der Waals surface area contributed by atoms with Crippen molar-refractivity contribution in [3.8, 4) is 0 Å². The van der Waals surface area contributed by atoms with Gasteiger partial charge in [-0.25, -0.2) is 9.78 Å². The van der Waals surface area contributed by atoms with E-state index in [0.717, 1.165) is 62.1 Å². The van der Waals surface area contributed by atoms with Gasteiger partial charge < -0.3 is 14.5 Å². The van der Waals surface area contributed by atoms with Gasteiger partial charge in [-0.2, -0.15) is 26.3 Å². The molecule has 3 atom stereocenters. The molecule has 3 aliphatic rings. The summed E-state index contributed by atoms with van der Waals surface area (Å²) in [4.78, 5) is 24.0. The topological polar surface area (TPSA) is 48.9 Å². The number of halogens is 6. The molecule has 5 rings (SSSR count). The Hall–Kier alpha value is -3.18. The highest BCUT2D eigenvalue weighted by atomic mass is 19.4. The Morgan fingerprint density at radius 2 is 1.58 bits per heavy atom. The van der Waals surface area contributed by atoms with Gasteiger partial charge in [0.25, 0.3) is 0 Å². The maximum Gasteiger partial charge on any atom is 0.416 e. The van der Waals surface area contributed by atoms with E-state index in [0.29, 0.717) is 30.8 Å². The first kappa shape index (κ1) is 31.3. The van der Waals surface area contributed by atoms with Gasteiger partial charge in [-0.3, -0.25) is 4.90 Å². The monoisotopic (exact) mass is 612 g/mol. The normalized spacial score (nSPS) is 23.7. The van der Waals surface area contributed by atoms with Crippen molar-refractivity contribution < 1.29 is 35.9 Å². The predicted molar refractivity (Wildman–Crippen MR) is 151 cm³/mol. The summed E-state index contributed by atoms with van der Waals surface area (Å²) in [6.07, 6.45) is -2.67. The van der Waals surface area contributed by atoms with Crippen LogP contribution in [-0.4, -0.2) is 47.2 Å². The second-order valence-electron chi connectivity index (χ2n) is 12.0. The van der Waals surface area contributed by atoms with Crippen molar-refractivity contribution in [3.05, 3.63) is 52.7 Å². The number of nitrogens with zero attached hydrogens (tertiary/aromatic N) is 4. The molecule has 1 aliphatic carbocycles. The van der Waals surface area contributed by atoms with E-state index < -0.39 is 41.7 Å². The Bertz CT molecular complexity index is 1280. The number of pyridine rings is 1. The van der Waals surface area contributed by atoms with E-state index in [-0.39, 0.29) is 18.2 Å². The maximum atomic E-state index is 13.6. The molecule has 0 N–H and O–H groups in total. The predicted octanol–water partition coefficient (Wildman–Crippen LogP) is 8.35. The van der Waals surface area contributed by atoms with Crippen LogP contribution in [0.15, 0.2) is 30.5 Å². The lowest BCUT2D eigenvalue weighted by molar-refractivity contribution is -0.143. The van der Waals surface area contributed by atoms with E-state index >= 15 is 0 Å². The van der Waals surface area contributed by atoms with Crippen LogP contribution in [0.3, 0.4) is 0 Å². The van der Waals surface area contributed by atoms with Crippen LogP contribution in [-0.2, 0) is 23.6 Å². The second kappa shape index (κ2) is 12.1. The van der Waals surface area contributed by atoms with Crippen LogP contribution in [0.1, 0.15) is 94.1 Å². The van der Waals surface area contributed by atoms with Crippen molar-refractivity contribution in [1.29, 1.82) is 0 Å². The molecule has 3 fully saturated rings. The number of carbonyl (C=O) groups excluding carboxylic acids is 1. The molecule has 2 aromatic rings. The number of amides is 1. The minimum Gasteiger partial charge on any atom is -0.439 e. The van der Waals surface area contributed by atoms with Crippen LogP contribution in [0, 0.1) is 0 Å². The van der Waals surface area contributed by atoms with Crippen molar-refractivity contribution in [2.24, 2.45) is 0 Å². The summed E-state index contributed by atoms with van der Waals surface area (Å²) in [6.45, 7) is 7.44. The van der Waals surface area contributed by atoms with Crippen molar-refractivity contribution in [3.63, 3.8) is 0 Å². The standard InChI is InChI=1S/C31H38F6N4O2/c1-4-39(25-10-6-5-7-11-25)28-22(15-26(17-38-28)40-12-8-9-19(40)2)18-41-20(3)27(43-29(41)42)21-13-23(30(32,33)34)16-24(14-21)31(35,36)37/h13-17,19-20,25,27H,4-12,18H2,1-3H3/t19?,20-,27-/m0/s1. The van der Waals surface area contributed by atoms with Gasteiger partial charge in [0.05, 0.1) is 35.6 Å². The smallest absolute Gasteiger partial charge is 0.416 e. The molecule has 43 heavy (non-hydrogen) atoms. The average Bonchev–Trinajstić information content (AvgIpc) is 3.51. The molecule has 3 heterocycles. The summed E-state index contributed by atoms with van der Waals surface area (Å²) < 4.78 is 86.8. The minimum absolute atomic E-state index is 0.0587. The molecule has 2 saturated heterocycles. The lowest BCUT2D eigenvalue weighted by Gasteiger charge is -2.36. The lowest BCUT2D eigenvalue weighted by atomic mass is 9.94. The zero-order chi connectivity index (χ0) is 31.1. The van der Waals surface area contributed by atoms with E-state index in [4.69, 9.17) is 9.72 Å². The highest BCUT2D eigenvalue weighted by Gasteiger charge is 2.44. The number of ether oxygens (including phenoxy) is 1. The Balaban J connectivity index is 1.50. The van der Waals surface area contributed by atoms with Gasteiger partial charge in [0, 0.05) is 30.7 Å². The number of carbonyl (C=O) groups is 1. The van der Waals surface area contributed by atoms with Crippen molar-refractivity contribution in [1.82, 2.24) is 9.88 Å². The SMILES string of the molecule is CCN(c1ncc(N2CCCC2C)cc1CN1C(=O)O[C@H](c2cc(C(F)(F)F)cc(C(F)(F)F)c2)[C@@H]1C)C1CCCCC1. The average molecular weight is 613 g/mol. The first-order valence-electron chi connectivity index (χ1n) is 15.1. The fourth-order valence-corrected chi connectivity index (χ4v) is 6.80. The number of anilines is 2. The number of hydrogen-bond donors (Lipinski definition) is 0. The second-order valence-corrected chi connectivity index (χ2v) is 12.0. The van der Waals surface area contributed by atoms with Gasteiger partial charge in [0.1, 0.15) is 11.9 Å². The number of aromatic nitrogens is 1. The van der Waals surface area contributed by atoms with Gasteiger partial charge >= 0.3 is 18.4 Å². The molecule has 1 unspecified atom stereocenters. The molecular weight excluding hydrogens is 574 g/mol. The van der Waals surface area contributed by atoms with Crippen LogP contribution in [0.5, 0.6) is 0 Å². The van der Waals surface area contributed by atoms with E-state index in [2.05, 4.69) is 23.6 Å². The summed E-state index contributed by atoms with van der Waals surface area (Å²) in [7, 11) is 0. The number of cyclic esters (lactones) is 1. The first-order chi connectivity index (χ1) is 20.3. The fraction of sp³-hybridized carbons (Fsp3) is 0.613. The molecule has 1 aromatic carbocycles. The third-order valence-corrected chi connectivity index (χ3v) is 9.11. The van der Waals surface area contributed by atoms with E-state index in [9.17, 15) is 31.1 Å². The van der Waals surface area contributed by atoms with Crippen molar-refractivity contribution in [2.75, 3.05) is 22.9 Å². The summed E-state index contributed by atoms with van der Waals surface area (Å²) in [5.41, 5.74) is -1.53. The summed E-state index contributed by atoms with van der Waals surface area (Å²) in [5, 5.41) is 0. The van der Waals surface area contributed by atoms with Crippen LogP contribution < -0.4 is 9.80 Å². The Morgan fingerprint density at radius 3 is 2.14 bits per heavy atom. The van der Waals surface area contributed by atoms with E-state index in [1.165, 1.54) is 11.3 Å². The Kier molecular flexibility index (Phi) is 8.77. The van der Waals surface area contributed by atoms with Gasteiger partial charge in [0.15, 0.2) is 0 Å². The molecule has 0 radical (unpaired) electrons. The minimum atomic E-state index is -5.00. The lowest BCUT2D eigenvalue weighted by Crippen LogP contribution is -2.39. The number of hydrogen-bond acceptors (Lipinski definition) is 5. The summed E-state index contributed by atoms with van der Waals surface area (Å²) in [6, 6.07) is 3.16. The maximum absolute atomic E-state index is 13.6. The third-order valence-electron chi connectivity index (χ3n) is 9.11. The van der Waals surface area contributed by atoms with Gasteiger partial charge in [-0.15, -0.1) is 0 Å². The molecule has 236 valence electrons. The molecule has 2 aliphatic heterocycles. The molecule has 1 saturated carbocycles. The molecule has 1 aromatic heterocycles. The Morgan fingerprint density at radius 1 is 0.930 bits per heavy atom. The highest BCUT2D eigenvalue weighted by Crippen LogP contribution is 2.42. The third kappa shape index (κ3) is 6.52. The van der Waals surface area contributed by atoms with Gasteiger partial charge in [-0.1, -0.05) is 19.3 Å². The zero-order valence-corrected chi connectivity index (χ0v) is 24.6. The number of alkyl halides is 6. The van der Waals surface area contributed by atoms with Gasteiger partial charge in [0.2, 0.25) is 0 Å². The van der Waals surface area contributed by atoms with Crippen LogP contribution in [0.2, 0.25) is 0 Å². The molecule has 0 bridgehead atoms. The van der Waals surface area contributed by atoms with Crippen LogP contribution >= 0.6 is 0 Å². The molecular formula is C31H38F6N4O2. The van der Waals surface area contributed by atoms with Crippen molar-refractivity contribution in [2.45, 2.75) is 109 Å². The van der Waals surface area contributed by atoms with E-state index in [1.54, 1.807) is 6.92 Å². The number of benzene rings is 1. The van der Waals surface area contributed by atoms with Crippen LogP contribution in [0.4, 0.5) is 42.6 Å². The molecule has 0 spiro atoms.